The third-order valence-electron chi connectivity index (χ3n) is 4.37. The number of halogens is 6. The Bertz CT molecular complexity index is 864. The number of aryl methyl sites for hydroxylation is 1. The second kappa shape index (κ2) is 11.4. The molecule has 1 unspecified atom stereocenters. The molecule has 0 radical (unpaired) electrons. The number of alkyl halides is 6. The van der Waals surface area contributed by atoms with E-state index in [-0.39, 0.29) is 18.9 Å². The Morgan fingerprint density at radius 3 is 2.03 bits per heavy atom. The molecule has 0 bridgehead atoms. The molecule has 0 aliphatic rings. The zero-order valence-corrected chi connectivity index (χ0v) is 17.4. The van der Waals surface area contributed by atoms with E-state index in [0.29, 0.717) is 41.4 Å². The standard InChI is InChI=1S/C21H21F6O2P.Li.H/c1-3-4-5-11-29-14-9-10-17(13(2)12-14)30-19(28)18-15(20(22,23)24)7-6-8-16(18)21(25,26)27;;/h6-10,12,30H,3-5,11H2,1-2H3;;. The van der Waals surface area contributed by atoms with Gasteiger partial charge in [-0.05, 0) is 57.1 Å². The van der Waals surface area contributed by atoms with Crippen LogP contribution in [0.2, 0.25) is 0 Å². The fourth-order valence-electron chi connectivity index (χ4n) is 2.86. The second-order valence-electron chi connectivity index (χ2n) is 6.71. The Labute approximate surface area is 190 Å². The average Bonchev–Trinajstić information content (AvgIpc) is 2.65. The van der Waals surface area contributed by atoms with E-state index in [2.05, 4.69) is 6.92 Å². The molecule has 2 nitrogen and oxygen atoms in total. The summed E-state index contributed by atoms with van der Waals surface area (Å²) in [5.41, 5.74) is -5.15. The zero-order chi connectivity index (χ0) is 22.5. The van der Waals surface area contributed by atoms with E-state index in [0.717, 1.165) is 19.3 Å². The summed E-state index contributed by atoms with van der Waals surface area (Å²) >= 11 is 0. The van der Waals surface area contributed by atoms with Crippen LogP contribution in [0.1, 0.15) is 53.2 Å². The van der Waals surface area contributed by atoms with Crippen molar-refractivity contribution in [1.29, 1.82) is 0 Å². The van der Waals surface area contributed by atoms with Gasteiger partial charge in [0.05, 0.1) is 17.7 Å². The molecule has 0 aliphatic heterocycles. The van der Waals surface area contributed by atoms with Gasteiger partial charge in [-0.2, -0.15) is 26.3 Å². The third kappa shape index (κ3) is 7.56. The summed E-state index contributed by atoms with van der Waals surface area (Å²) in [5, 5.41) is 0.367. The van der Waals surface area contributed by atoms with Crippen LogP contribution >= 0.6 is 8.58 Å². The molecule has 0 N–H and O–H groups in total. The molecule has 1 atom stereocenters. The Kier molecular flexibility index (Phi) is 10.1. The van der Waals surface area contributed by atoms with E-state index in [4.69, 9.17) is 4.74 Å². The van der Waals surface area contributed by atoms with Gasteiger partial charge in [0.1, 0.15) is 5.75 Å². The summed E-state index contributed by atoms with van der Waals surface area (Å²) in [4.78, 5) is 12.6. The molecular formula is C21H22F6LiO2P. The summed E-state index contributed by atoms with van der Waals surface area (Å²) in [5.74, 6) is 0.538. The minimum absolute atomic E-state index is 0. The van der Waals surface area contributed by atoms with Gasteiger partial charge in [0.25, 0.3) is 0 Å². The number of carbonyl (C=O) groups is 1. The fourth-order valence-corrected chi connectivity index (χ4v) is 3.94. The van der Waals surface area contributed by atoms with E-state index in [1.807, 2.05) is 0 Å². The number of hydrogen-bond acceptors (Lipinski definition) is 2. The molecular weight excluding hydrogens is 436 g/mol. The van der Waals surface area contributed by atoms with Crippen molar-refractivity contribution >= 4 is 38.3 Å². The van der Waals surface area contributed by atoms with Crippen molar-refractivity contribution in [2.45, 2.75) is 45.5 Å². The summed E-state index contributed by atoms with van der Waals surface area (Å²) in [6.07, 6.45) is -7.26. The van der Waals surface area contributed by atoms with Gasteiger partial charge in [0, 0.05) is 5.56 Å². The normalized spacial score (nSPS) is 12.1. The van der Waals surface area contributed by atoms with E-state index < -0.39 is 43.1 Å². The van der Waals surface area contributed by atoms with Crippen LogP contribution in [-0.4, -0.2) is 31.0 Å². The topological polar surface area (TPSA) is 26.3 Å². The first kappa shape index (κ1) is 27.6. The van der Waals surface area contributed by atoms with Gasteiger partial charge >= 0.3 is 31.2 Å². The molecule has 0 aromatic heterocycles. The molecule has 0 amide bonds. The zero-order valence-electron chi connectivity index (χ0n) is 16.4. The first-order valence-corrected chi connectivity index (χ1v) is 10.3. The fraction of sp³-hybridized carbons (Fsp3) is 0.381. The van der Waals surface area contributed by atoms with Gasteiger partial charge < -0.3 is 4.74 Å². The SMILES string of the molecule is CCCCCOc1ccc(PC(=O)c2c(C(F)(F)F)cccc2C(F)(F)F)c(C)c1.[LiH]. The van der Waals surface area contributed by atoms with Gasteiger partial charge in [-0.15, -0.1) is 0 Å². The van der Waals surface area contributed by atoms with E-state index >= 15 is 0 Å². The third-order valence-corrected chi connectivity index (χ3v) is 5.67. The van der Waals surface area contributed by atoms with Gasteiger partial charge in [0.15, 0.2) is 5.52 Å². The molecule has 31 heavy (non-hydrogen) atoms. The van der Waals surface area contributed by atoms with Crippen molar-refractivity contribution in [3.8, 4) is 5.75 Å². The Morgan fingerprint density at radius 2 is 1.55 bits per heavy atom. The second-order valence-corrected chi connectivity index (χ2v) is 7.95. The van der Waals surface area contributed by atoms with Crippen molar-refractivity contribution in [2.24, 2.45) is 0 Å². The molecule has 0 spiro atoms. The maximum absolute atomic E-state index is 13.3. The first-order chi connectivity index (χ1) is 13.9. The van der Waals surface area contributed by atoms with E-state index in [1.54, 1.807) is 19.1 Å². The van der Waals surface area contributed by atoms with E-state index in [1.165, 1.54) is 6.07 Å². The van der Waals surface area contributed by atoms with Crippen LogP contribution < -0.4 is 10.0 Å². The van der Waals surface area contributed by atoms with Gasteiger partial charge in [-0.3, -0.25) is 4.79 Å². The van der Waals surface area contributed by atoms with Gasteiger partial charge in [-0.25, -0.2) is 0 Å². The van der Waals surface area contributed by atoms with Gasteiger partial charge in [0.2, 0.25) is 0 Å². The van der Waals surface area contributed by atoms with Crippen LogP contribution in [0.25, 0.3) is 0 Å². The number of ether oxygens (including phenoxy) is 1. The van der Waals surface area contributed by atoms with Crippen molar-refractivity contribution in [1.82, 2.24) is 0 Å². The maximum atomic E-state index is 13.3. The number of carbonyl (C=O) groups excluding carboxylic acids is 1. The molecule has 0 saturated carbocycles. The molecule has 0 saturated heterocycles. The van der Waals surface area contributed by atoms with Crippen molar-refractivity contribution in [3.63, 3.8) is 0 Å². The first-order valence-electron chi connectivity index (χ1n) is 9.27. The molecule has 2 aromatic carbocycles. The Balaban J connectivity index is 0.00000480. The summed E-state index contributed by atoms with van der Waals surface area (Å²) < 4.78 is 85.3. The summed E-state index contributed by atoms with van der Waals surface area (Å²) in [6.45, 7) is 4.19. The molecule has 2 aromatic rings. The molecule has 0 aliphatic carbocycles. The minimum atomic E-state index is -5.08. The van der Waals surface area contributed by atoms with Crippen LogP contribution in [0.3, 0.4) is 0 Å². The number of benzene rings is 2. The van der Waals surface area contributed by atoms with Gasteiger partial charge in [-0.1, -0.05) is 31.9 Å². The summed E-state index contributed by atoms with van der Waals surface area (Å²) in [7, 11) is -0.890. The predicted octanol–water partition coefficient (Wildman–Crippen LogP) is 6.10. The predicted molar refractivity (Wildman–Crippen MR) is 112 cm³/mol. The number of rotatable bonds is 8. The van der Waals surface area contributed by atoms with Crippen LogP contribution in [-0.2, 0) is 12.4 Å². The number of hydrogen-bond donors (Lipinski definition) is 0. The molecule has 0 fully saturated rings. The van der Waals surface area contributed by atoms with Crippen LogP contribution in [0.5, 0.6) is 5.75 Å². The average molecular weight is 458 g/mol. The monoisotopic (exact) mass is 458 g/mol. The van der Waals surface area contributed by atoms with Crippen molar-refractivity contribution in [3.05, 3.63) is 58.7 Å². The summed E-state index contributed by atoms with van der Waals surface area (Å²) in [6, 6.07) is 6.34. The van der Waals surface area contributed by atoms with Crippen molar-refractivity contribution in [2.75, 3.05) is 6.61 Å². The Morgan fingerprint density at radius 1 is 0.968 bits per heavy atom. The quantitative estimate of drug-likeness (QED) is 0.207. The molecule has 166 valence electrons. The van der Waals surface area contributed by atoms with Crippen LogP contribution in [0.15, 0.2) is 36.4 Å². The Hall–Kier alpha value is -1.48. The molecule has 2 rings (SSSR count). The van der Waals surface area contributed by atoms with E-state index in [9.17, 15) is 31.1 Å². The van der Waals surface area contributed by atoms with Crippen molar-refractivity contribution < 1.29 is 35.9 Å². The van der Waals surface area contributed by atoms with Crippen LogP contribution in [0.4, 0.5) is 26.3 Å². The number of unbranched alkanes of at least 4 members (excludes halogenated alkanes) is 2. The molecule has 0 heterocycles. The molecule has 10 heteroatoms. The van der Waals surface area contributed by atoms with Crippen LogP contribution in [0, 0.1) is 6.92 Å².